The minimum atomic E-state index is 0. The molecule has 5 N–H and O–H groups in total. The van der Waals surface area contributed by atoms with Crippen LogP contribution in [0.1, 0.15) is 5.69 Å². The van der Waals surface area contributed by atoms with Gasteiger partial charge in [-0.25, -0.2) is 4.98 Å². The van der Waals surface area contributed by atoms with Crippen LogP contribution in [0.4, 0.5) is 0 Å². The van der Waals surface area contributed by atoms with Gasteiger partial charge in [0.15, 0.2) is 0 Å². The van der Waals surface area contributed by atoms with Crippen molar-refractivity contribution in [3.05, 3.63) is 18.2 Å². The van der Waals surface area contributed by atoms with Crippen molar-refractivity contribution in [2.45, 2.75) is 6.42 Å². The molecular formula is C5H12ClN3O. The molecule has 0 amide bonds. The van der Waals surface area contributed by atoms with E-state index in [0.29, 0.717) is 6.54 Å². The third-order valence-corrected chi connectivity index (χ3v) is 0.969. The summed E-state index contributed by atoms with van der Waals surface area (Å²) in [5.74, 6) is 0. The predicted molar refractivity (Wildman–Crippen MR) is 42.2 cm³/mol. The molecule has 0 aliphatic rings. The summed E-state index contributed by atoms with van der Waals surface area (Å²) in [4.78, 5) is 6.78. The highest BCUT2D eigenvalue weighted by molar-refractivity contribution is 5.85. The Morgan fingerprint density at radius 3 is 2.70 bits per heavy atom. The Labute approximate surface area is 65.6 Å². The van der Waals surface area contributed by atoms with E-state index >= 15 is 0 Å². The Bertz CT molecular complexity index is 143. The maximum absolute atomic E-state index is 5.27. The minimum Gasteiger partial charge on any atom is -0.412 e. The highest BCUT2D eigenvalue weighted by atomic mass is 35.5. The number of hydrogen-bond donors (Lipinski definition) is 2. The molecular weight excluding hydrogens is 154 g/mol. The number of imidazole rings is 1. The first kappa shape index (κ1) is 12.1. The molecule has 0 atom stereocenters. The summed E-state index contributed by atoms with van der Waals surface area (Å²) in [5.41, 5.74) is 6.38. The number of nitrogens with one attached hydrogen (secondary N) is 1. The summed E-state index contributed by atoms with van der Waals surface area (Å²) >= 11 is 0. The topological polar surface area (TPSA) is 86.2 Å². The van der Waals surface area contributed by atoms with Crippen LogP contribution in [0, 0.1) is 0 Å². The molecule has 0 radical (unpaired) electrons. The smallest absolute Gasteiger partial charge is 0.0921 e. The molecule has 0 unspecified atom stereocenters. The molecule has 1 heterocycles. The minimum absolute atomic E-state index is 0. The maximum Gasteiger partial charge on any atom is 0.0921 e. The number of halogens is 1. The van der Waals surface area contributed by atoms with Gasteiger partial charge >= 0.3 is 0 Å². The third-order valence-electron chi connectivity index (χ3n) is 0.969. The van der Waals surface area contributed by atoms with Gasteiger partial charge in [0.2, 0.25) is 0 Å². The number of nitrogens with two attached hydrogens (primary N) is 1. The fraction of sp³-hybridized carbons (Fsp3) is 0.400. The van der Waals surface area contributed by atoms with Crippen LogP contribution in [0.15, 0.2) is 12.5 Å². The molecule has 0 fully saturated rings. The molecule has 0 saturated heterocycles. The van der Waals surface area contributed by atoms with Gasteiger partial charge in [-0.2, -0.15) is 0 Å². The van der Waals surface area contributed by atoms with Crippen LogP contribution < -0.4 is 5.73 Å². The van der Waals surface area contributed by atoms with Crippen molar-refractivity contribution in [1.29, 1.82) is 0 Å². The average Bonchev–Trinajstić information content (AvgIpc) is 2.19. The van der Waals surface area contributed by atoms with Gasteiger partial charge in [-0.15, -0.1) is 12.4 Å². The van der Waals surface area contributed by atoms with E-state index in [0.717, 1.165) is 12.1 Å². The molecule has 60 valence electrons. The van der Waals surface area contributed by atoms with E-state index in [4.69, 9.17) is 5.73 Å². The Morgan fingerprint density at radius 2 is 2.30 bits per heavy atom. The van der Waals surface area contributed by atoms with Gasteiger partial charge in [0.05, 0.1) is 6.33 Å². The summed E-state index contributed by atoms with van der Waals surface area (Å²) in [7, 11) is 0. The molecule has 10 heavy (non-hydrogen) atoms. The SMILES string of the molecule is Cl.NCCc1cnc[nH]1.O. The molecule has 0 aliphatic heterocycles. The largest absolute Gasteiger partial charge is 0.412 e. The van der Waals surface area contributed by atoms with Crippen molar-refractivity contribution in [3.63, 3.8) is 0 Å². The lowest BCUT2D eigenvalue weighted by atomic mass is 10.3. The lowest BCUT2D eigenvalue weighted by Crippen LogP contribution is -2.02. The summed E-state index contributed by atoms with van der Waals surface area (Å²) in [6.45, 7) is 0.683. The maximum atomic E-state index is 5.27. The lowest BCUT2D eigenvalue weighted by Gasteiger charge is -1.86. The number of H-pyrrole nitrogens is 1. The average molecular weight is 166 g/mol. The molecule has 0 saturated carbocycles. The zero-order chi connectivity index (χ0) is 5.82. The summed E-state index contributed by atoms with van der Waals surface area (Å²) in [6, 6.07) is 0. The molecule has 1 aromatic rings. The normalized spacial score (nSPS) is 7.70. The van der Waals surface area contributed by atoms with E-state index in [2.05, 4.69) is 9.97 Å². The van der Waals surface area contributed by atoms with E-state index in [1.165, 1.54) is 0 Å². The van der Waals surface area contributed by atoms with Crippen molar-refractivity contribution in [3.8, 4) is 0 Å². The van der Waals surface area contributed by atoms with E-state index in [-0.39, 0.29) is 17.9 Å². The van der Waals surface area contributed by atoms with Crippen molar-refractivity contribution >= 4 is 12.4 Å². The van der Waals surface area contributed by atoms with E-state index in [1.807, 2.05) is 0 Å². The Morgan fingerprint density at radius 1 is 1.60 bits per heavy atom. The molecule has 0 spiro atoms. The molecule has 1 rings (SSSR count). The van der Waals surface area contributed by atoms with Crippen LogP contribution in [-0.4, -0.2) is 22.0 Å². The van der Waals surface area contributed by atoms with Crippen LogP contribution in [0.25, 0.3) is 0 Å². The third kappa shape index (κ3) is 3.45. The number of nitrogens with zero attached hydrogens (tertiary/aromatic N) is 1. The van der Waals surface area contributed by atoms with Crippen LogP contribution in [0.3, 0.4) is 0 Å². The van der Waals surface area contributed by atoms with Crippen molar-refractivity contribution in [1.82, 2.24) is 9.97 Å². The molecule has 5 heteroatoms. The first-order chi connectivity index (χ1) is 3.93. The van der Waals surface area contributed by atoms with E-state index in [1.54, 1.807) is 12.5 Å². The number of aromatic amines is 1. The van der Waals surface area contributed by atoms with Crippen molar-refractivity contribution in [2.75, 3.05) is 6.54 Å². The lowest BCUT2D eigenvalue weighted by molar-refractivity contribution is 0.824. The van der Waals surface area contributed by atoms with Crippen LogP contribution in [0.2, 0.25) is 0 Å². The van der Waals surface area contributed by atoms with Gasteiger partial charge in [-0.3, -0.25) is 0 Å². The van der Waals surface area contributed by atoms with E-state index < -0.39 is 0 Å². The highest BCUT2D eigenvalue weighted by Gasteiger charge is 1.86. The first-order valence-electron chi connectivity index (χ1n) is 2.61. The van der Waals surface area contributed by atoms with Crippen LogP contribution >= 0.6 is 12.4 Å². The van der Waals surface area contributed by atoms with Gasteiger partial charge in [-0.05, 0) is 6.54 Å². The number of rotatable bonds is 2. The second-order valence-electron chi connectivity index (χ2n) is 1.62. The second kappa shape index (κ2) is 6.54. The molecule has 0 aromatic carbocycles. The van der Waals surface area contributed by atoms with Gasteiger partial charge in [0, 0.05) is 18.3 Å². The number of aromatic nitrogens is 2. The molecule has 0 aliphatic carbocycles. The Balaban J connectivity index is 0. The second-order valence-corrected chi connectivity index (χ2v) is 1.62. The zero-order valence-electron chi connectivity index (χ0n) is 5.50. The Hall–Kier alpha value is -0.580. The first-order valence-corrected chi connectivity index (χ1v) is 2.61. The van der Waals surface area contributed by atoms with E-state index in [9.17, 15) is 0 Å². The fourth-order valence-corrected chi connectivity index (χ4v) is 0.577. The van der Waals surface area contributed by atoms with Gasteiger partial charge in [-0.1, -0.05) is 0 Å². The van der Waals surface area contributed by atoms with Crippen LogP contribution in [0.5, 0.6) is 0 Å². The zero-order valence-corrected chi connectivity index (χ0v) is 6.32. The highest BCUT2D eigenvalue weighted by Crippen LogP contribution is 1.88. The van der Waals surface area contributed by atoms with Crippen LogP contribution in [-0.2, 0) is 6.42 Å². The summed E-state index contributed by atoms with van der Waals surface area (Å²) in [6.07, 6.45) is 4.33. The molecule has 4 nitrogen and oxygen atoms in total. The van der Waals surface area contributed by atoms with Gasteiger partial charge in [0.25, 0.3) is 0 Å². The molecule has 1 aromatic heterocycles. The van der Waals surface area contributed by atoms with Crippen molar-refractivity contribution in [2.24, 2.45) is 5.73 Å². The predicted octanol–water partition coefficient (Wildman–Crippen LogP) is -0.492. The summed E-state index contributed by atoms with van der Waals surface area (Å²) in [5, 5.41) is 0. The molecule has 0 bridgehead atoms. The van der Waals surface area contributed by atoms with Crippen molar-refractivity contribution < 1.29 is 5.48 Å². The monoisotopic (exact) mass is 165 g/mol. The Kier molecular flexibility index (Phi) is 7.93. The summed E-state index contributed by atoms with van der Waals surface area (Å²) < 4.78 is 0. The van der Waals surface area contributed by atoms with Gasteiger partial charge in [0.1, 0.15) is 0 Å². The standard InChI is InChI=1S/C5H9N3.ClH.H2O/c6-2-1-5-3-7-4-8-5;;/h3-4H,1-2,6H2,(H,7,8);1H;1H2. The quantitative estimate of drug-likeness (QED) is 0.620. The fourth-order valence-electron chi connectivity index (χ4n) is 0.577. The van der Waals surface area contributed by atoms with Gasteiger partial charge < -0.3 is 16.2 Å². The number of hydrogen-bond acceptors (Lipinski definition) is 2.